The van der Waals surface area contributed by atoms with E-state index in [9.17, 15) is 9.50 Å². The average Bonchev–Trinajstić information content (AvgIpc) is 3.44. The molecule has 1 atom stereocenters. The van der Waals surface area contributed by atoms with Gasteiger partial charge in [0.2, 0.25) is 0 Å². The van der Waals surface area contributed by atoms with Gasteiger partial charge in [-0.15, -0.1) is 11.8 Å². The number of aromatic nitrogens is 4. The van der Waals surface area contributed by atoms with Gasteiger partial charge in [-0.3, -0.25) is 9.13 Å². The molecule has 0 aliphatic rings. The zero-order valence-corrected chi connectivity index (χ0v) is 19.0. The van der Waals surface area contributed by atoms with Crippen molar-refractivity contribution in [2.24, 2.45) is 0 Å². The maximum absolute atomic E-state index is 13.6. The molecule has 0 radical (unpaired) electrons. The van der Waals surface area contributed by atoms with Crippen LogP contribution in [0.5, 0.6) is 0 Å². The van der Waals surface area contributed by atoms with E-state index < -0.39 is 0 Å². The van der Waals surface area contributed by atoms with Gasteiger partial charge < -0.3 is 9.84 Å². The van der Waals surface area contributed by atoms with E-state index in [-0.39, 0.29) is 18.7 Å². The molecule has 166 valence electrons. The van der Waals surface area contributed by atoms with Crippen LogP contribution in [-0.2, 0) is 11.3 Å². The highest BCUT2D eigenvalue weighted by molar-refractivity contribution is 7.98. The quantitative estimate of drug-likeness (QED) is 0.367. The summed E-state index contributed by atoms with van der Waals surface area (Å²) in [5.41, 5.74) is 2.97. The Balaban J connectivity index is 1.95. The Morgan fingerprint density at radius 2 is 1.84 bits per heavy atom. The molecular formula is C24H25FN4O2S. The van der Waals surface area contributed by atoms with Crippen LogP contribution in [0, 0.1) is 5.82 Å². The van der Waals surface area contributed by atoms with Crippen LogP contribution < -0.4 is 0 Å². The minimum absolute atomic E-state index is 0.269. The van der Waals surface area contributed by atoms with Crippen molar-refractivity contribution >= 4 is 11.8 Å². The van der Waals surface area contributed by atoms with Gasteiger partial charge in [0.25, 0.3) is 0 Å². The van der Waals surface area contributed by atoms with Crippen molar-refractivity contribution in [2.45, 2.75) is 31.6 Å². The lowest BCUT2D eigenvalue weighted by molar-refractivity contribution is 0.0214. The van der Waals surface area contributed by atoms with Crippen LogP contribution in [0.1, 0.15) is 25.9 Å². The zero-order valence-electron chi connectivity index (χ0n) is 18.2. The predicted molar refractivity (Wildman–Crippen MR) is 124 cm³/mol. The molecule has 1 N–H and O–H groups in total. The lowest BCUT2D eigenvalue weighted by atomic mass is 10.1. The van der Waals surface area contributed by atoms with Crippen molar-refractivity contribution < 1.29 is 14.2 Å². The van der Waals surface area contributed by atoms with Crippen molar-refractivity contribution in [2.75, 3.05) is 12.9 Å². The number of thioether (sulfide) groups is 1. The first-order chi connectivity index (χ1) is 15.6. The molecule has 0 aliphatic carbocycles. The van der Waals surface area contributed by atoms with Crippen LogP contribution in [0.3, 0.4) is 0 Å². The third kappa shape index (κ3) is 4.21. The van der Waals surface area contributed by atoms with Gasteiger partial charge in [-0.05, 0) is 68.6 Å². The lowest BCUT2D eigenvalue weighted by Crippen LogP contribution is -2.15. The SMILES string of the molecule is CCOC(C)n1c(CO)nc(-c2ccc(F)cc2)c1-c1nccn1-c1ccc(SC)cc1. The molecule has 32 heavy (non-hydrogen) atoms. The zero-order chi connectivity index (χ0) is 22.7. The van der Waals surface area contributed by atoms with E-state index in [0.717, 1.165) is 11.3 Å². The first kappa shape index (κ1) is 22.3. The van der Waals surface area contributed by atoms with E-state index in [1.54, 1.807) is 30.1 Å². The molecule has 0 aliphatic heterocycles. The normalized spacial score (nSPS) is 12.3. The van der Waals surface area contributed by atoms with Gasteiger partial charge >= 0.3 is 0 Å². The molecule has 0 saturated carbocycles. The van der Waals surface area contributed by atoms with Crippen molar-refractivity contribution in [1.82, 2.24) is 19.1 Å². The number of rotatable bonds is 8. The minimum atomic E-state index is -0.386. The molecule has 6 nitrogen and oxygen atoms in total. The Kier molecular flexibility index (Phi) is 6.74. The lowest BCUT2D eigenvalue weighted by Gasteiger charge is -2.20. The second-order valence-electron chi connectivity index (χ2n) is 7.13. The van der Waals surface area contributed by atoms with E-state index in [1.807, 2.05) is 47.6 Å². The third-order valence-electron chi connectivity index (χ3n) is 5.22. The topological polar surface area (TPSA) is 65.1 Å². The predicted octanol–water partition coefficient (Wildman–Crippen LogP) is 5.31. The summed E-state index contributed by atoms with van der Waals surface area (Å²) >= 11 is 1.68. The number of aliphatic hydroxyl groups excluding tert-OH is 1. The summed E-state index contributed by atoms with van der Waals surface area (Å²) in [5.74, 6) is 0.780. The van der Waals surface area contributed by atoms with Gasteiger partial charge in [-0.25, -0.2) is 14.4 Å². The van der Waals surface area contributed by atoms with Gasteiger partial charge in [-0.2, -0.15) is 0 Å². The van der Waals surface area contributed by atoms with Gasteiger partial charge in [0.1, 0.15) is 35.9 Å². The van der Waals surface area contributed by atoms with Crippen LogP contribution >= 0.6 is 11.8 Å². The Hall–Kier alpha value is -2.94. The molecule has 4 rings (SSSR count). The molecule has 2 aromatic heterocycles. The average molecular weight is 453 g/mol. The molecule has 0 fully saturated rings. The van der Waals surface area contributed by atoms with E-state index in [4.69, 9.17) is 9.72 Å². The standard InChI is InChI=1S/C24H25FN4O2S/c1-4-31-16(2)29-21(15-30)27-22(17-5-7-18(25)8-6-17)23(29)24-26-13-14-28(24)19-9-11-20(32-3)12-10-19/h5-14,16,30H,4,15H2,1-3H3. The summed E-state index contributed by atoms with van der Waals surface area (Å²) in [7, 11) is 0. The van der Waals surface area contributed by atoms with Gasteiger partial charge in [0.05, 0.1) is 0 Å². The number of aliphatic hydroxyl groups is 1. The molecule has 0 amide bonds. The molecule has 4 aromatic rings. The highest BCUT2D eigenvalue weighted by Gasteiger charge is 2.26. The molecule has 0 bridgehead atoms. The van der Waals surface area contributed by atoms with Gasteiger partial charge in [0.15, 0.2) is 5.82 Å². The molecular weight excluding hydrogens is 427 g/mol. The van der Waals surface area contributed by atoms with Crippen LogP contribution in [0.15, 0.2) is 65.8 Å². The molecule has 0 saturated heterocycles. The van der Waals surface area contributed by atoms with E-state index >= 15 is 0 Å². The Bertz CT molecular complexity index is 1190. The number of halogens is 1. The van der Waals surface area contributed by atoms with E-state index in [1.165, 1.54) is 17.0 Å². The van der Waals surface area contributed by atoms with Gasteiger partial charge in [0, 0.05) is 35.1 Å². The van der Waals surface area contributed by atoms with E-state index in [0.29, 0.717) is 29.6 Å². The van der Waals surface area contributed by atoms with Crippen molar-refractivity contribution in [3.8, 4) is 28.5 Å². The fourth-order valence-corrected chi connectivity index (χ4v) is 4.16. The summed E-state index contributed by atoms with van der Waals surface area (Å²) in [5, 5.41) is 10.1. The largest absolute Gasteiger partial charge is 0.388 e. The smallest absolute Gasteiger partial charge is 0.163 e. The number of ether oxygens (including phenoxy) is 1. The maximum atomic E-state index is 13.6. The number of hydrogen-bond acceptors (Lipinski definition) is 5. The first-order valence-electron chi connectivity index (χ1n) is 10.3. The summed E-state index contributed by atoms with van der Waals surface area (Å²) in [6.07, 6.45) is 5.27. The summed E-state index contributed by atoms with van der Waals surface area (Å²) in [4.78, 5) is 10.5. The van der Waals surface area contributed by atoms with E-state index in [2.05, 4.69) is 17.1 Å². The fourth-order valence-electron chi connectivity index (χ4n) is 3.75. The highest BCUT2D eigenvalue weighted by Crippen LogP contribution is 2.36. The molecule has 2 aromatic carbocycles. The number of benzene rings is 2. The van der Waals surface area contributed by atoms with Crippen molar-refractivity contribution in [3.05, 3.63) is 72.6 Å². The fraction of sp³-hybridized carbons (Fsp3) is 0.250. The van der Waals surface area contributed by atoms with Crippen LogP contribution in [0.25, 0.3) is 28.5 Å². The Morgan fingerprint density at radius 3 is 2.47 bits per heavy atom. The number of nitrogens with zero attached hydrogens (tertiary/aromatic N) is 4. The molecule has 2 heterocycles. The third-order valence-corrected chi connectivity index (χ3v) is 5.96. The monoisotopic (exact) mass is 452 g/mol. The van der Waals surface area contributed by atoms with Crippen LogP contribution in [0.4, 0.5) is 4.39 Å². The molecule has 0 spiro atoms. The first-order valence-corrected chi connectivity index (χ1v) is 11.6. The van der Waals surface area contributed by atoms with Gasteiger partial charge in [-0.1, -0.05) is 0 Å². The molecule has 1 unspecified atom stereocenters. The second-order valence-corrected chi connectivity index (χ2v) is 8.01. The van der Waals surface area contributed by atoms with Crippen LogP contribution in [0.2, 0.25) is 0 Å². The number of imidazole rings is 2. The summed E-state index contributed by atoms with van der Waals surface area (Å²) < 4.78 is 23.3. The molecule has 8 heteroatoms. The highest BCUT2D eigenvalue weighted by atomic mass is 32.2. The summed E-state index contributed by atoms with van der Waals surface area (Å²) in [6.45, 7) is 4.05. The second kappa shape index (κ2) is 9.68. The Labute approximate surface area is 190 Å². The van der Waals surface area contributed by atoms with Crippen molar-refractivity contribution in [3.63, 3.8) is 0 Å². The summed E-state index contributed by atoms with van der Waals surface area (Å²) in [6, 6.07) is 14.3. The Morgan fingerprint density at radius 1 is 1.12 bits per heavy atom. The van der Waals surface area contributed by atoms with Crippen molar-refractivity contribution in [1.29, 1.82) is 0 Å². The van der Waals surface area contributed by atoms with Crippen LogP contribution in [-0.4, -0.2) is 37.1 Å². The maximum Gasteiger partial charge on any atom is 0.163 e. The minimum Gasteiger partial charge on any atom is -0.388 e. The number of hydrogen-bond donors (Lipinski definition) is 1.